The third kappa shape index (κ3) is 2.61. The summed E-state index contributed by atoms with van der Waals surface area (Å²) in [4.78, 5) is 11.5. The third-order valence-corrected chi connectivity index (χ3v) is 2.58. The minimum Gasteiger partial charge on any atom is -0.361 e. The summed E-state index contributed by atoms with van der Waals surface area (Å²) in [6.45, 7) is 7.37. The van der Waals surface area contributed by atoms with Crippen molar-refractivity contribution in [1.82, 2.24) is 10.5 Å². The molecule has 0 bridgehead atoms. The highest BCUT2D eigenvalue weighted by atomic mass is 16.5. The van der Waals surface area contributed by atoms with Crippen molar-refractivity contribution in [1.29, 1.82) is 0 Å². The van der Waals surface area contributed by atoms with Crippen molar-refractivity contribution in [3.05, 3.63) is 17.0 Å². The fourth-order valence-corrected chi connectivity index (χ4v) is 1.67. The van der Waals surface area contributed by atoms with Crippen molar-refractivity contribution < 1.29 is 9.32 Å². The second-order valence-electron chi connectivity index (χ2n) is 4.00. The topological polar surface area (TPSA) is 81.2 Å². The zero-order valence-electron chi connectivity index (χ0n) is 10.2. The summed E-state index contributed by atoms with van der Waals surface area (Å²) in [5.74, 6) is 0.584. The highest BCUT2D eigenvalue weighted by molar-refractivity contribution is 5.81. The van der Waals surface area contributed by atoms with Crippen LogP contribution < -0.4 is 11.1 Å². The molecule has 0 fully saturated rings. The van der Waals surface area contributed by atoms with Crippen LogP contribution in [0.2, 0.25) is 0 Å². The molecule has 5 nitrogen and oxygen atoms in total. The number of nitrogens with two attached hydrogens (primary N) is 1. The number of rotatable bonds is 4. The highest BCUT2D eigenvalue weighted by Gasteiger charge is 2.21. The summed E-state index contributed by atoms with van der Waals surface area (Å²) in [7, 11) is 0. The molecule has 16 heavy (non-hydrogen) atoms. The number of hydrogen-bond acceptors (Lipinski definition) is 4. The lowest BCUT2D eigenvalue weighted by molar-refractivity contribution is -0.122. The molecule has 0 aliphatic rings. The average Bonchev–Trinajstić information content (AvgIpc) is 2.55. The lowest BCUT2D eigenvalue weighted by atomic mass is 10.0. The zero-order chi connectivity index (χ0) is 12.3. The standard InChI is InChI=1S/C11H19N3O2/c1-5-9(13-11(15)6(2)12)10-7(3)14-16-8(10)4/h6,9H,5,12H2,1-4H3,(H,13,15)/t6-,9?/m1/s1. The monoisotopic (exact) mass is 225 g/mol. The number of hydrogen-bond donors (Lipinski definition) is 2. The summed E-state index contributed by atoms with van der Waals surface area (Å²) in [5, 5.41) is 6.77. The van der Waals surface area contributed by atoms with E-state index in [4.69, 9.17) is 10.3 Å². The number of aryl methyl sites for hydroxylation is 2. The fourth-order valence-electron chi connectivity index (χ4n) is 1.67. The first-order valence-corrected chi connectivity index (χ1v) is 5.46. The van der Waals surface area contributed by atoms with E-state index in [1.54, 1.807) is 6.92 Å². The van der Waals surface area contributed by atoms with Crippen LogP contribution in [0.25, 0.3) is 0 Å². The normalized spacial score (nSPS) is 14.6. The van der Waals surface area contributed by atoms with Crippen molar-refractivity contribution in [2.45, 2.75) is 46.2 Å². The highest BCUT2D eigenvalue weighted by Crippen LogP contribution is 2.23. The quantitative estimate of drug-likeness (QED) is 0.807. The van der Waals surface area contributed by atoms with Gasteiger partial charge in [0, 0.05) is 5.56 Å². The number of nitrogens with one attached hydrogen (secondary N) is 1. The predicted octanol–water partition coefficient (Wildman–Crippen LogP) is 1.21. The fraction of sp³-hybridized carbons (Fsp3) is 0.636. The van der Waals surface area contributed by atoms with Gasteiger partial charge < -0.3 is 15.6 Å². The molecule has 0 saturated heterocycles. The van der Waals surface area contributed by atoms with Gasteiger partial charge in [-0.3, -0.25) is 4.79 Å². The second-order valence-corrected chi connectivity index (χ2v) is 4.00. The van der Waals surface area contributed by atoms with Gasteiger partial charge in [-0.25, -0.2) is 0 Å². The molecular weight excluding hydrogens is 206 g/mol. The van der Waals surface area contributed by atoms with E-state index in [9.17, 15) is 4.79 Å². The first-order chi connectivity index (χ1) is 7.47. The lowest BCUT2D eigenvalue weighted by Crippen LogP contribution is -2.40. The van der Waals surface area contributed by atoms with Crippen molar-refractivity contribution in [3.8, 4) is 0 Å². The number of amides is 1. The molecule has 1 amide bonds. The molecule has 2 atom stereocenters. The third-order valence-electron chi connectivity index (χ3n) is 2.58. The summed E-state index contributed by atoms with van der Waals surface area (Å²) < 4.78 is 5.09. The maximum absolute atomic E-state index is 11.5. The SMILES string of the molecule is CCC(NC(=O)[C@@H](C)N)c1c(C)noc1C. The Kier molecular flexibility index (Phi) is 4.06. The summed E-state index contributed by atoms with van der Waals surface area (Å²) >= 11 is 0. The molecule has 0 aliphatic carbocycles. The van der Waals surface area contributed by atoms with E-state index in [1.165, 1.54) is 0 Å². The molecule has 0 aromatic carbocycles. The molecule has 0 spiro atoms. The first-order valence-electron chi connectivity index (χ1n) is 5.46. The number of nitrogens with zero attached hydrogens (tertiary/aromatic N) is 1. The molecule has 3 N–H and O–H groups in total. The molecule has 0 aliphatic heterocycles. The Bertz CT molecular complexity index is 352. The van der Waals surface area contributed by atoms with E-state index >= 15 is 0 Å². The summed E-state index contributed by atoms with van der Waals surface area (Å²) in [6.07, 6.45) is 0.779. The minimum atomic E-state index is -0.505. The van der Waals surface area contributed by atoms with Gasteiger partial charge in [-0.2, -0.15) is 0 Å². The van der Waals surface area contributed by atoms with Crippen molar-refractivity contribution in [3.63, 3.8) is 0 Å². The van der Waals surface area contributed by atoms with Crippen LogP contribution in [0, 0.1) is 13.8 Å². The number of carbonyl (C=O) groups is 1. The van der Waals surface area contributed by atoms with E-state index in [0.717, 1.165) is 23.4 Å². The molecule has 5 heteroatoms. The van der Waals surface area contributed by atoms with Crippen LogP contribution in [0.4, 0.5) is 0 Å². The van der Waals surface area contributed by atoms with Crippen LogP contribution in [0.15, 0.2) is 4.52 Å². The molecule has 90 valence electrons. The van der Waals surface area contributed by atoms with E-state index in [0.29, 0.717) is 0 Å². The van der Waals surface area contributed by atoms with Gasteiger partial charge in [0.05, 0.1) is 17.8 Å². The smallest absolute Gasteiger partial charge is 0.237 e. The van der Waals surface area contributed by atoms with Gasteiger partial charge >= 0.3 is 0 Å². The van der Waals surface area contributed by atoms with Crippen molar-refractivity contribution in [2.24, 2.45) is 5.73 Å². The number of carbonyl (C=O) groups excluding carboxylic acids is 1. The Morgan fingerprint density at radius 3 is 2.56 bits per heavy atom. The summed E-state index contributed by atoms with van der Waals surface area (Å²) in [6, 6.07) is -0.584. The van der Waals surface area contributed by atoms with E-state index in [-0.39, 0.29) is 11.9 Å². The first kappa shape index (κ1) is 12.7. The van der Waals surface area contributed by atoms with E-state index < -0.39 is 6.04 Å². The molecule has 1 unspecified atom stereocenters. The Morgan fingerprint density at radius 1 is 1.56 bits per heavy atom. The zero-order valence-corrected chi connectivity index (χ0v) is 10.2. The van der Waals surface area contributed by atoms with Crippen LogP contribution in [0.3, 0.4) is 0 Å². The van der Waals surface area contributed by atoms with Gasteiger partial charge in [0.1, 0.15) is 5.76 Å². The Morgan fingerprint density at radius 2 is 2.19 bits per heavy atom. The van der Waals surface area contributed by atoms with Crippen molar-refractivity contribution >= 4 is 5.91 Å². The largest absolute Gasteiger partial charge is 0.361 e. The van der Waals surface area contributed by atoms with Gasteiger partial charge in [-0.1, -0.05) is 12.1 Å². The summed E-state index contributed by atoms with van der Waals surface area (Å²) in [5.41, 5.74) is 7.29. The second kappa shape index (κ2) is 5.12. The number of aromatic nitrogens is 1. The van der Waals surface area contributed by atoms with Gasteiger partial charge in [0.25, 0.3) is 0 Å². The van der Waals surface area contributed by atoms with Crippen LogP contribution in [0.5, 0.6) is 0 Å². The lowest BCUT2D eigenvalue weighted by Gasteiger charge is -2.18. The van der Waals surface area contributed by atoms with Gasteiger partial charge in [0.15, 0.2) is 0 Å². The molecule has 1 aromatic heterocycles. The van der Waals surface area contributed by atoms with Crippen molar-refractivity contribution in [2.75, 3.05) is 0 Å². The van der Waals surface area contributed by atoms with Crippen LogP contribution in [-0.4, -0.2) is 17.1 Å². The Labute approximate surface area is 95.4 Å². The molecule has 1 rings (SSSR count). The maximum atomic E-state index is 11.5. The van der Waals surface area contributed by atoms with Gasteiger partial charge in [0.2, 0.25) is 5.91 Å². The van der Waals surface area contributed by atoms with Crippen LogP contribution in [-0.2, 0) is 4.79 Å². The molecule has 0 saturated carbocycles. The van der Waals surface area contributed by atoms with E-state index in [2.05, 4.69) is 10.5 Å². The average molecular weight is 225 g/mol. The molecule has 1 heterocycles. The van der Waals surface area contributed by atoms with Crippen LogP contribution in [0.1, 0.15) is 43.3 Å². The minimum absolute atomic E-state index is 0.0789. The van der Waals surface area contributed by atoms with E-state index in [1.807, 2.05) is 20.8 Å². The van der Waals surface area contributed by atoms with Gasteiger partial charge in [-0.15, -0.1) is 0 Å². The predicted molar refractivity (Wildman–Crippen MR) is 60.8 cm³/mol. The Balaban J connectivity index is 2.87. The Hall–Kier alpha value is -1.36. The van der Waals surface area contributed by atoms with Crippen LogP contribution >= 0.6 is 0 Å². The molecule has 0 radical (unpaired) electrons. The molecule has 1 aromatic rings. The van der Waals surface area contributed by atoms with Gasteiger partial charge in [-0.05, 0) is 27.2 Å². The maximum Gasteiger partial charge on any atom is 0.237 e. The molecular formula is C11H19N3O2.